The Labute approximate surface area is 294 Å². The number of hydrogen-bond acceptors (Lipinski definition) is 8. The minimum Gasteiger partial charge on any atom is -0.478 e. The largest absolute Gasteiger partial charge is 0.478 e. The number of aromatic amines is 1. The van der Waals surface area contributed by atoms with E-state index in [1.807, 2.05) is 0 Å². The van der Waals surface area contributed by atoms with Gasteiger partial charge in [0.1, 0.15) is 28.3 Å². The van der Waals surface area contributed by atoms with Crippen molar-refractivity contribution in [2.45, 2.75) is 32.4 Å². The van der Waals surface area contributed by atoms with E-state index in [0.29, 0.717) is 0 Å². The summed E-state index contributed by atoms with van der Waals surface area (Å²) in [4.78, 5) is 33.3. The van der Waals surface area contributed by atoms with Crippen molar-refractivity contribution < 1.29 is 77.3 Å². The summed E-state index contributed by atoms with van der Waals surface area (Å²) in [6.45, 7) is 2.94. The molecule has 2 aromatic carbocycles. The summed E-state index contributed by atoms with van der Waals surface area (Å²) in [5.74, 6) is -4.98. The highest BCUT2D eigenvalue weighted by molar-refractivity contribution is 5.91. The zero-order valence-corrected chi connectivity index (χ0v) is 27.1. The van der Waals surface area contributed by atoms with Crippen LogP contribution in [0.15, 0.2) is 67.1 Å². The minimum atomic E-state index is -4.88. The molecular weight excluding hydrogens is 761 g/mol. The Balaban J connectivity index is 0.000000222. The first-order chi connectivity index (χ1) is 25.1. The van der Waals surface area contributed by atoms with Gasteiger partial charge in [0, 0.05) is 12.4 Å². The number of aromatic nitrogens is 6. The average Bonchev–Trinajstić information content (AvgIpc) is 3.85. The summed E-state index contributed by atoms with van der Waals surface area (Å²) < 4.78 is 149. The van der Waals surface area contributed by atoms with E-state index in [1.165, 1.54) is 38.1 Å². The number of nitrogens with one attached hydrogen (secondary N) is 1. The molecule has 2 N–H and O–H groups in total. The lowest BCUT2D eigenvalue weighted by atomic mass is 10.2. The van der Waals surface area contributed by atoms with Crippen LogP contribution < -0.4 is 0 Å². The van der Waals surface area contributed by atoms with Gasteiger partial charge in [0.15, 0.2) is 17.1 Å². The maximum atomic E-state index is 12.9. The van der Waals surface area contributed by atoms with E-state index in [1.54, 1.807) is 5.10 Å². The van der Waals surface area contributed by atoms with Crippen LogP contribution >= 0.6 is 0 Å². The van der Waals surface area contributed by atoms with Crippen molar-refractivity contribution in [2.75, 3.05) is 13.2 Å². The van der Waals surface area contributed by atoms with Crippen LogP contribution in [-0.2, 0) is 28.0 Å². The van der Waals surface area contributed by atoms with E-state index in [4.69, 9.17) is 5.11 Å². The first-order valence-corrected chi connectivity index (χ1v) is 14.6. The fourth-order valence-corrected chi connectivity index (χ4v) is 4.00. The van der Waals surface area contributed by atoms with Crippen molar-refractivity contribution in [3.63, 3.8) is 0 Å². The molecule has 23 heteroatoms. The number of hydrogen-bond donors (Lipinski definition) is 2. The smallest absolute Gasteiger partial charge is 0.436 e. The van der Waals surface area contributed by atoms with Gasteiger partial charge in [0.05, 0.1) is 30.8 Å². The topological polar surface area (TPSA) is 154 Å². The Morgan fingerprint density at radius 2 is 1.04 bits per heavy atom. The fourth-order valence-electron chi connectivity index (χ4n) is 4.00. The summed E-state index contributed by atoms with van der Waals surface area (Å²) in [6, 6.07) is 9.09. The van der Waals surface area contributed by atoms with Gasteiger partial charge in [-0.15, -0.1) is 0 Å². The van der Waals surface area contributed by atoms with Crippen LogP contribution in [0.2, 0.25) is 0 Å². The number of H-pyrrole nitrogens is 1. The van der Waals surface area contributed by atoms with E-state index < -0.39 is 81.8 Å². The van der Waals surface area contributed by atoms with E-state index in [2.05, 4.69) is 24.8 Å². The van der Waals surface area contributed by atoms with Gasteiger partial charge in [0.25, 0.3) is 0 Å². The Morgan fingerprint density at radius 3 is 1.39 bits per heavy atom. The number of carbonyl (C=O) groups excluding carboxylic acids is 2. The van der Waals surface area contributed by atoms with Gasteiger partial charge in [-0.05, 0) is 62.4 Å². The van der Waals surface area contributed by atoms with Gasteiger partial charge < -0.3 is 14.6 Å². The highest BCUT2D eigenvalue weighted by Crippen LogP contribution is 2.33. The third-order valence-corrected chi connectivity index (χ3v) is 6.29. The molecular formula is C31H23F11N6O6. The number of nitrogens with zero attached hydrogens (tertiary/aromatic N) is 5. The summed E-state index contributed by atoms with van der Waals surface area (Å²) in [6.07, 6.45) is -11.9. The number of carboxylic acid groups (broad SMARTS) is 1. The Morgan fingerprint density at radius 1 is 0.648 bits per heavy atom. The number of rotatable bonds is 7. The molecule has 0 spiro atoms. The molecule has 0 aliphatic heterocycles. The van der Waals surface area contributed by atoms with Crippen LogP contribution in [0.1, 0.15) is 62.0 Å². The second-order valence-electron chi connectivity index (χ2n) is 10.0. The second kappa shape index (κ2) is 17.0. The van der Waals surface area contributed by atoms with Gasteiger partial charge in [-0.25, -0.2) is 32.5 Å². The minimum absolute atomic E-state index is 0.0152. The van der Waals surface area contributed by atoms with E-state index >= 15 is 0 Å². The normalized spacial score (nSPS) is 11.5. The number of alkyl halides is 9. The Bertz CT molecular complexity index is 2050. The molecule has 5 rings (SSSR count). The number of esters is 2. The van der Waals surface area contributed by atoms with Crippen LogP contribution in [0.5, 0.6) is 0 Å². The highest BCUT2D eigenvalue weighted by Gasteiger charge is 2.41. The van der Waals surface area contributed by atoms with Crippen molar-refractivity contribution >= 4 is 17.9 Å². The molecule has 0 unspecified atom stereocenters. The Hall–Kier alpha value is -6.29. The summed E-state index contributed by atoms with van der Waals surface area (Å²) in [5.41, 5.74) is -5.95. The third kappa shape index (κ3) is 10.9. The molecule has 54 heavy (non-hydrogen) atoms. The van der Waals surface area contributed by atoms with Gasteiger partial charge in [0.2, 0.25) is 0 Å². The lowest BCUT2D eigenvalue weighted by molar-refractivity contribution is -0.142. The molecule has 290 valence electrons. The van der Waals surface area contributed by atoms with Crippen molar-refractivity contribution in [3.8, 4) is 11.4 Å². The van der Waals surface area contributed by atoms with Crippen LogP contribution in [0.4, 0.5) is 48.3 Å². The second-order valence-corrected chi connectivity index (χ2v) is 10.0. The predicted octanol–water partition coefficient (Wildman–Crippen LogP) is 7.54. The predicted molar refractivity (Wildman–Crippen MR) is 160 cm³/mol. The molecule has 0 aliphatic rings. The van der Waals surface area contributed by atoms with Crippen molar-refractivity contribution in [1.29, 1.82) is 0 Å². The zero-order chi connectivity index (χ0) is 40.6. The lowest BCUT2D eigenvalue weighted by Crippen LogP contribution is -2.14. The molecule has 0 amide bonds. The van der Waals surface area contributed by atoms with Crippen LogP contribution in [-0.4, -0.2) is 66.0 Å². The lowest BCUT2D eigenvalue weighted by Gasteiger charge is -2.05. The number of halogens is 11. The molecule has 0 radical (unpaired) electrons. The SMILES string of the molecule is CCOC(=O)c1cn(-c2ccc(F)cc2)nc1C(F)(F)F.CCOC(=O)c1cn[nH]c1C(F)(F)F.O=C(O)c1cn(-c2ccc(F)cc2)nc1C(F)(F)F. The number of carbonyl (C=O) groups is 3. The van der Waals surface area contributed by atoms with Gasteiger partial charge in [-0.2, -0.15) is 54.8 Å². The van der Waals surface area contributed by atoms with E-state index in [9.17, 15) is 62.7 Å². The molecule has 3 heterocycles. The summed E-state index contributed by atoms with van der Waals surface area (Å²) >= 11 is 0. The first kappa shape index (κ1) is 42.1. The number of ether oxygens (including phenoxy) is 2. The molecule has 0 fully saturated rings. The molecule has 3 aromatic heterocycles. The highest BCUT2D eigenvalue weighted by atomic mass is 19.4. The molecule has 0 aliphatic carbocycles. The van der Waals surface area contributed by atoms with E-state index in [0.717, 1.165) is 52.2 Å². The molecule has 0 saturated heterocycles. The number of aromatic carboxylic acids is 1. The third-order valence-electron chi connectivity index (χ3n) is 6.29. The average molecular weight is 785 g/mol. The van der Waals surface area contributed by atoms with Gasteiger partial charge >= 0.3 is 36.4 Å². The molecule has 12 nitrogen and oxygen atoms in total. The molecule has 5 aromatic rings. The van der Waals surface area contributed by atoms with Crippen LogP contribution in [0, 0.1) is 11.6 Å². The summed E-state index contributed by atoms with van der Waals surface area (Å²) in [5, 5.41) is 20.1. The molecule has 0 atom stereocenters. The van der Waals surface area contributed by atoms with Crippen LogP contribution in [0.3, 0.4) is 0 Å². The maximum absolute atomic E-state index is 12.9. The first-order valence-electron chi connectivity index (χ1n) is 14.6. The number of carboxylic acids is 1. The standard InChI is InChI=1S/C13H10F4N2O2.C11H6F4N2O2.C7H7F3N2O2/c1-2-21-12(20)10-7-19(18-11(10)13(15,16)17)9-5-3-8(14)4-6-9;12-6-1-3-7(4-2-6)17-5-8(10(18)19)9(16-17)11(13,14)15;1-2-14-6(13)4-3-11-12-5(4)7(8,9)10/h3-7H,2H2,1H3;1-5H,(H,18,19);3H,2H2,1H3,(H,11,12). The monoisotopic (exact) mass is 784 g/mol. The van der Waals surface area contributed by atoms with Crippen molar-refractivity contribution in [3.05, 3.63) is 113 Å². The van der Waals surface area contributed by atoms with E-state index in [-0.39, 0.29) is 24.6 Å². The zero-order valence-electron chi connectivity index (χ0n) is 27.1. The van der Waals surface area contributed by atoms with Gasteiger partial charge in [-0.1, -0.05) is 0 Å². The maximum Gasteiger partial charge on any atom is 0.436 e. The number of benzene rings is 2. The Kier molecular flexibility index (Phi) is 13.3. The van der Waals surface area contributed by atoms with Crippen molar-refractivity contribution in [1.82, 2.24) is 29.8 Å². The van der Waals surface area contributed by atoms with Gasteiger partial charge in [-0.3, -0.25) is 5.10 Å². The van der Waals surface area contributed by atoms with Crippen LogP contribution in [0.25, 0.3) is 11.4 Å². The summed E-state index contributed by atoms with van der Waals surface area (Å²) in [7, 11) is 0. The molecule has 0 saturated carbocycles. The fraction of sp³-hybridized carbons (Fsp3) is 0.226. The van der Waals surface area contributed by atoms with Crippen molar-refractivity contribution in [2.24, 2.45) is 0 Å². The quantitative estimate of drug-likeness (QED) is 0.126. The molecule has 0 bridgehead atoms.